The molecule has 2 rings (SSSR count). The van der Waals surface area contributed by atoms with Crippen molar-refractivity contribution < 1.29 is 4.74 Å². The van der Waals surface area contributed by atoms with E-state index < -0.39 is 0 Å². The standard InChI is InChI=1S/C12H12N2O.C2H6/c1-15-12-4-2-10(3-5-12)6-11-7-13-9-14-8-11;1-2/h2-5,7-9H,6H2,1H3;1-2H3. The van der Waals surface area contributed by atoms with E-state index in [4.69, 9.17) is 4.74 Å². The zero-order valence-corrected chi connectivity index (χ0v) is 10.6. The predicted molar refractivity (Wildman–Crippen MR) is 69.2 cm³/mol. The van der Waals surface area contributed by atoms with Crippen molar-refractivity contribution in [2.45, 2.75) is 20.3 Å². The van der Waals surface area contributed by atoms with E-state index in [1.807, 2.05) is 50.5 Å². The number of hydrogen-bond donors (Lipinski definition) is 0. The van der Waals surface area contributed by atoms with Crippen LogP contribution in [0, 0.1) is 0 Å². The lowest BCUT2D eigenvalue weighted by Gasteiger charge is -2.02. The monoisotopic (exact) mass is 230 g/mol. The molecule has 0 bridgehead atoms. The topological polar surface area (TPSA) is 35.0 Å². The third kappa shape index (κ3) is 4.23. The van der Waals surface area contributed by atoms with E-state index >= 15 is 0 Å². The second kappa shape index (κ2) is 7.39. The van der Waals surface area contributed by atoms with E-state index in [2.05, 4.69) is 9.97 Å². The van der Waals surface area contributed by atoms with E-state index in [1.54, 1.807) is 7.11 Å². The van der Waals surface area contributed by atoms with Crippen LogP contribution in [-0.4, -0.2) is 17.1 Å². The summed E-state index contributed by atoms with van der Waals surface area (Å²) in [6.07, 6.45) is 6.05. The Labute approximate surface area is 103 Å². The van der Waals surface area contributed by atoms with Gasteiger partial charge in [-0.3, -0.25) is 0 Å². The fourth-order valence-corrected chi connectivity index (χ4v) is 1.40. The summed E-state index contributed by atoms with van der Waals surface area (Å²) in [6, 6.07) is 8.01. The molecule has 0 spiro atoms. The Bertz CT molecular complexity index is 412. The molecule has 0 aliphatic rings. The number of aromatic nitrogens is 2. The molecule has 0 saturated heterocycles. The first-order chi connectivity index (χ1) is 8.38. The van der Waals surface area contributed by atoms with E-state index in [1.165, 1.54) is 11.9 Å². The summed E-state index contributed by atoms with van der Waals surface area (Å²) in [5.41, 5.74) is 2.34. The summed E-state index contributed by atoms with van der Waals surface area (Å²) in [6.45, 7) is 4.00. The Balaban J connectivity index is 0.000000686. The zero-order chi connectivity index (χ0) is 12.5. The first-order valence-corrected chi connectivity index (χ1v) is 5.75. The molecular formula is C14H18N2O. The van der Waals surface area contributed by atoms with E-state index in [9.17, 15) is 0 Å². The maximum Gasteiger partial charge on any atom is 0.118 e. The molecule has 0 saturated carbocycles. The van der Waals surface area contributed by atoms with Crippen molar-refractivity contribution in [3.05, 3.63) is 54.1 Å². The highest BCUT2D eigenvalue weighted by Crippen LogP contribution is 2.13. The molecule has 0 amide bonds. The van der Waals surface area contributed by atoms with Crippen LogP contribution in [-0.2, 0) is 6.42 Å². The van der Waals surface area contributed by atoms with Gasteiger partial charge in [-0.05, 0) is 23.3 Å². The summed E-state index contributed by atoms with van der Waals surface area (Å²) in [4.78, 5) is 7.96. The van der Waals surface area contributed by atoms with Crippen molar-refractivity contribution >= 4 is 0 Å². The molecule has 2 aromatic rings. The van der Waals surface area contributed by atoms with Gasteiger partial charge in [-0.15, -0.1) is 0 Å². The lowest BCUT2D eigenvalue weighted by molar-refractivity contribution is 0.414. The van der Waals surface area contributed by atoms with Crippen molar-refractivity contribution in [1.82, 2.24) is 9.97 Å². The second-order valence-electron chi connectivity index (χ2n) is 3.27. The molecular weight excluding hydrogens is 212 g/mol. The SMILES string of the molecule is CC.COc1ccc(Cc2cncnc2)cc1. The zero-order valence-electron chi connectivity index (χ0n) is 10.6. The lowest BCUT2D eigenvalue weighted by atomic mass is 10.1. The van der Waals surface area contributed by atoms with E-state index in [0.29, 0.717) is 0 Å². The average molecular weight is 230 g/mol. The van der Waals surface area contributed by atoms with E-state index in [-0.39, 0.29) is 0 Å². The lowest BCUT2D eigenvalue weighted by Crippen LogP contribution is -1.90. The van der Waals surface area contributed by atoms with Gasteiger partial charge in [0, 0.05) is 18.8 Å². The number of rotatable bonds is 3. The van der Waals surface area contributed by atoms with Crippen molar-refractivity contribution in [2.75, 3.05) is 7.11 Å². The Hall–Kier alpha value is -1.90. The minimum absolute atomic E-state index is 0.852. The molecule has 1 aromatic carbocycles. The van der Waals surface area contributed by atoms with E-state index in [0.717, 1.165) is 17.7 Å². The maximum absolute atomic E-state index is 5.09. The number of benzene rings is 1. The highest BCUT2D eigenvalue weighted by molar-refractivity contribution is 5.29. The summed E-state index contributed by atoms with van der Waals surface area (Å²) < 4.78 is 5.09. The molecule has 0 aliphatic carbocycles. The van der Waals surface area contributed by atoms with Crippen LogP contribution in [0.5, 0.6) is 5.75 Å². The normalized spacial score (nSPS) is 9.12. The number of ether oxygens (including phenoxy) is 1. The smallest absolute Gasteiger partial charge is 0.118 e. The van der Waals surface area contributed by atoms with Crippen molar-refractivity contribution in [3.8, 4) is 5.75 Å². The van der Waals surface area contributed by atoms with Gasteiger partial charge in [0.15, 0.2) is 0 Å². The van der Waals surface area contributed by atoms with Gasteiger partial charge in [0.05, 0.1) is 7.11 Å². The van der Waals surface area contributed by atoms with Gasteiger partial charge in [-0.1, -0.05) is 26.0 Å². The molecule has 0 aliphatic heterocycles. The quantitative estimate of drug-likeness (QED) is 0.812. The molecule has 17 heavy (non-hydrogen) atoms. The van der Waals surface area contributed by atoms with Crippen LogP contribution in [0.1, 0.15) is 25.0 Å². The fourth-order valence-electron chi connectivity index (χ4n) is 1.40. The fraction of sp³-hybridized carbons (Fsp3) is 0.286. The van der Waals surface area contributed by atoms with Gasteiger partial charge in [-0.2, -0.15) is 0 Å². The first kappa shape index (κ1) is 13.2. The molecule has 0 radical (unpaired) electrons. The molecule has 0 fully saturated rings. The molecule has 1 aromatic heterocycles. The van der Waals surface area contributed by atoms with Gasteiger partial charge in [0.25, 0.3) is 0 Å². The molecule has 3 nitrogen and oxygen atoms in total. The molecule has 3 heteroatoms. The largest absolute Gasteiger partial charge is 0.497 e. The third-order valence-corrected chi connectivity index (χ3v) is 2.18. The van der Waals surface area contributed by atoms with Crippen LogP contribution in [0.3, 0.4) is 0 Å². The number of hydrogen-bond acceptors (Lipinski definition) is 3. The second-order valence-corrected chi connectivity index (χ2v) is 3.27. The van der Waals surface area contributed by atoms with Gasteiger partial charge >= 0.3 is 0 Å². The minimum atomic E-state index is 0.852. The molecule has 0 N–H and O–H groups in total. The number of methoxy groups -OCH3 is 1. The molecule has 0 unspecified atom stereocenters. The third-order valence-electron chi connectivity index (χ3n) is 2.18. The van der Waals surface area contributed by atoms with Crippen molar-refractivity contribution in [3.63, 3.8) is 0 Å². The maximum atomic E-state index is 5.09. The summed E-state index contributed by atoms with van der Waals surface area (Å²) in [5, 5.41) is 0. The Morgan fingerprint density at radius 1 is 0.941 bits per heavy atom. The van der Waals surface area contributed by atoms with Crippen LogP contribution in [0.15, 0.2) is 43.0 Å². The van der Waals surface area contributed by atoms with Crippen LogP contribution >= 0.6 is 0 Å². The Morgan fingerprint density at radius 3 is 2.06 bits per heavy atom. The molecule has 0 atom stereocenters. The van der Waals surface area contributed by atoms with Crippen LogP contribution in [0.25, 0.3) is 0 Å². The Morgan fingerprint density at radius 2 is 1.53 bits per heavy atom. The minimum Gasteiger partial charge on any atom is -0.497 e. The van der Waals surface area contributed by atoms with Gasteiger partial charge in [-0.25, -0.2) is 9.97 Å². The first-order valence-electron chi connectivity index (χ1n) is 5.75. The predicted octanol–water partition coefficient (Wildman–Crippen LogP) is 3.10. The highest BCUT2D eigenvalue weighted by atomic mass is 16.5. The van der Waals surface area contributed by atoms with Gasteiger partial charge in [0.2, 0.25) is 0 Å². The Kier molecular flexibility index (Phi) is 5.72. The summed E-state index contributed by atoms with van der Waals surface area (Å²) in [7, 11) is 1.67. The van der Waals surface area contributed by atoms with Gasteiger partial charge in [0.1, 0.15) is 12.1 Å². The van der Waals surface area contributed by atoms with Crippen LogP contribution in [0.2, 0.25) is 0 Å². The summed E-state index contributed by atoms with van der Waals surface area (Å²) >= 11 is 0. The van der Waals surface area contributed by atoms with Crippen LogP contribution in [0.4, 0.5) is 0 Å². The number of nitrogens with zero attached hydrogens (tertiary/aromatic N) is 2. The van der Waals surface area contributed by atoms with Crippen molar-refractivity contribution in [1.29, 1.82) is 0 Å². The van der Waals surface area contributed by atoms with Gasteiger partial charge < -0.3 is 4.74 Å². The molecule has 1 heterocycles. The molecule has 90 valence electrons. The average Bonchev–Trinajstić information content (AvgIpc) is 2.43. The van der Waals surface area contributed by atoms with Crippen molar-refractivity contribution in [2.24, 2.45) is 0 Å². The summed E-state index contributed by atoms with van der Waals surface area (Å²) in [5.74, 6) is 0.878. The van der Waals surface area contributed by atoms with Crippen LogP contribution < -0.4 is 4.74 Å². The highest BCUT2D eigenvalue weighted by Gasteiger charge is 1.97.